The zero-order valence-electron chi connectivity index (χ0n) is 17.6. The first-order chi connectivity index (χ1) is 10.4. The maximum Gasteiger partial charge on any atom is 0.389 e. The molecular formula is C20H45F3. The molecule has 0 fully saturated rings. The summed E-state index contributed by atoms with van der Waals surface area (Å²) in [6, 6.07) is 0. The highest BCUT2D eigenvalue weighted by atomic mass is 19.4. The summed E-state index contributed by atoms with van der Waals surface area (Å²) in [7, 11) is 0. The van der Waals surface area contributed by atoms with Crippen LogP contribution in [0.3, 0.4) is 0 Å². The highest BCUT2D eigenvalue weighted by Gasteiger charge is 2.24. The molecule has 0 spiro atoms. The predicted octanol–water partition coefficient (Wildman–Crippen LogP) is 8.90. The van der Waals surface area contributed by atoms with Gasteiger partial charge in [0.15, 0.2) is 0 Å². The van der Waals surface area contributed by atoms with Crippen molar-refractivity contribution in [3.8, 4) is 0 Å². The van der Waals surface area contributed by atoms with Crippen molar-refractivity contribution < 1.29 is 13.2 Å². The van der Waals surface area contributed by atoms with Gasteiger partial charge in [-0.2, -0.15) is 13.2 Å². The standard InChI is InChI=1S/C6H14.2C5H12.C4H7F3/c1-4-5-6(2)3;2*1-4-5(2)3;1-2-3-4(5,6)7/h6H,4-5H2,1-3H3;2*5H,4H2,1-3H3;2-3H2,1H3. The van der Waals surface area contributed by atoms with Gasteiger partial charge in [0.1, 0.15) is 0 Å². The zero-order valence-corrected chi connectivity index (χ0v) is 17.6. The topological polar surface area (TPSA) is 0 Å². The van der Waals surface area contributed by atoms with Crippen LogP contribution in [0.25, 0.3) is 0 Å². The fourth-order valence-electron chi connectivity index (χ4n) is 0.861. The summed E-state index contributed by atoms with van der Waals surface area (Å²) >= 11 is 0. The molecule has 0 saturated heterocycles. The number of halogens is 3. The minimum atomic E-state index is -3.95. The van der Waals surface area contributed by atoms with E-state index in [1.54, 1.807) is 0 Å². The number of rotatable bonds is 5. The quantitative estimate of drug-likeness (QED) is 0.468. The lowest BCUT2D eigenvalue weighted by Gasteiger charge is -2.00. The summed E-state index contributed by atoms with van der Waals surface area (Å²) in [6.07, 6.45) is 0.892. The Morgan fingerprint density at radius 3 is 0.913 bits per heavy atom. The van der Waals surface area contributed by atoms with E-state index in [0.29, 0.717) is 0 Å². The van der Waals surface area contributed by atoms with Gasteiger partial charge in [0.2, 0.25) is 0 Å². The molecule has 0 N–H and O–H groups in total. The molecule has 0 aromatic rings. The van der Waals surface area contributed by atoms with Gasteiger partial charge in [-0.05, 0) is 24.2 Å². The smallest absolute Gasteiger partial charge is 0.171 e. The van der Waals surface area contributed by atoms with Crippen LogP contribution >= 0.6 is 0 Å². The molecule has 0 bridgehead atoms. The molecule has 23 heavy (non-hydrogen) atoms. The van der Waals surface area contributed by atoms with E-state index < -0.39 is 12.6 Å². The molecule has 3 heteroatoms. The van der Waals surface area contributed by atoms with Crippen LogP contribution < -0.4 is 0 Å². The molecule has 146 valence electrons. The van der Waals surface area contributed by atoms with Crippen molar-refractivity contribution >= 4 is 0 Å². The average Bonchev–Trinajstić information content (AvgIpc) is 2.39. The van der Waals surface area contributed by atoms with Crippen LogP contribution in [0, 0.1) is 17.8 Å². The van der Waals surface area contributed by atoms with Crippen molar-refractivity contribution in [2.24, 2.45) is 17.8 Å². The molecule has 0 aliphatic rings. The first-order valence-electron chi connectivity index (χ1n) is 9.44. The highest BCUT2D eigenvalue weighted by molar-refractivity contribution is 4.44. The van der Waals surface area contributed by atoms with Gasteiger partial charge in [0.05, 0.1) is 0 Å². The molecule has 0 nitrogen and oxygen atoms in total. The van der Waals surface area contributed by atoms with Crippen molar-refractivity contribution in [3.05, 3.63) is 0 Å². The van der Waals surface area contributed by atoms with Gasteiger partial charge in [-0.25, -0.2) is 0 Å². The van der Waals surface area contributed by atoms with Crippen molar-refractivity contribution in [1.29, 1.82) is 0 Å². The first kappa shape index (κ1) is 30.6. The van der Waals surface area contributed by atoms with Crippen LogP contribution in [0.1, 0.15) is 108 Å². The van der Waals surface area contributed by atoms with Gasteiger partial charge in [-0.15, -0.1) is 0 Å². The fraction of sp³-hybridized carbons (Fsp3) is 1.00. The Hall–Kier alpha value is -0.210. The lowest BCUT2D eigenvalue weighted by molar-refractivity contribution is -0.134. The summed E-state index contributed by atoms with van der Waals surface area (Å²) in [5, 5.41) is 0. The van der Waals surface area contributed by atoms with Crippen molar-refractivity contribution in [2.45, 2.75) is 114 Å². The molecule has 0 rings (SSSR count). The summed E-state index contributed by atoms with van der Waals surface area (Å²) in [6.45, 7) is 21.5. The van der Waals surface area contributed by atoms with E-state index in [2.05, 4.69) is 62.3 Å². The van der Waals surface area contributed by atoms with Gasteiger partial charge in [-0.1, -0.05) is 94.9 Å². The molecule has 0 heterocycles. The van der Waals surface area contributed by atoms with Gasteiger partial charge < -0.3 is 0 Å². The van der Waals surface area contributed by atoms with Gasteiger partial charge in [0.25, 0.3) is 0 Å². The monoisotopic (exact) mass is 342 g/mol. The molecule has 0 aromatic heterocycles. The second kappa shape index (κ2) is 21.8. The predicted molar refractivity (Wildman–Crippen MR) is 101 cm³/mol. The second-order valence-corrected chi connectivity index (χ2v) is 7.15. The zero-order chi connectivity index (χ0) is 19.5. The van der Waals surface area contributed by atoms with Crippen LogP contribution in [0.2, 0.25) is 0 Å². The molecule has 0 radical (unpaired) electrons. The number of alkyl halides is 3. The molecular weight excluding hydrogens is 297 g/mol. The Labute approximate surface area is 145 Å². The molecule has 0 unspecified atom stereocenters. The average molecular weight is 343 g/mol. The molecule has 0 aliphatic heterocycles. The molecule has 0 aliphatic carbocycles. The van der Waals surface area contributed by atoms with Crippen LogP contribution in [0.5, 0.6) is 0 Å². The van der Waals surface area contributed by atoms with Gasteiger partial charge >= 0.3 is 6.18 Å². The van der Waals surface area contributed by atoms with E-state index >= 15 is 0 Å². The Bertz CT molecular complexity index is 174. The maximum atomic E-state index is 11.1. The van der Waals surface area contributed by atoms with Gasteiger partial charge in [-0.3, -0.25) is 0 Å². The third kappa shape index (κ3) is 73.3. The maximum absolute atomic E-state index is 11.1. The van der Waals surface area contributed by atoms with Crippen molar-refractivity contribution in [3.63, 3.8) is 0 Å². The summed E-state index contributed by atoms with van der Waals surface area (Å²) in [4.78, 5) is 0. The molecule has 0 atom stereocenters. The highest BCUT2D eigenvalue weighted by Crippen LogP contribution is 2.20. The lowest BCUT2D eigenvalue weighted by Crippen LogP contribution is -2.04. The third-order valence-electron chi connectivity index (χ3n) is 3.03. The summed E-state index contributed by atoms with van der Waals surface area (Å²) in [5.41, 5.74) is 0. The van der Waals surface area contributed by atoms with Crippen LogP contribution in [-0.4, -0.2) is 6.18 Å². The van der Waals surface area contributed by atoms with E-state index in [1.165, 1.54) is 32.6 Å². The van der Waals surface area contributed by atoms with Crippen LogP contribution in [-0.2, 0) is 0 Å². The SMILES string of the molecule is CCC(C)C.CCC(C)C.CCCC(C)C.CCCC(F)(F)F. The largest absolute Gasteiger partial charge is 0.389 e. The summed E-state index contributed by atoms with van der Waals surface area (Å²) in [5.74, 6) is 2.67. The Morgan fingerprint density at radius 1 is 0.609 bits per heavy atom. The minimum Gasteiger partial charge on any atom is -0.171 e. The number of hydrogen-bond donors (Lipinski definition) is 0. The number of hydrogen-bond acceptors (Lipinski definition) is 0. The van der Waals surface area contributed by atoms with Crippen molar-refractivity contribution in [2.75, 3.05) is 0 Å². The Kier molecular flexibility index (Phi) is 29.0. The summed E-state index contributed by atoms with van der Waals surface area (Å²) < 4.78 is 33.2. The third-order valence-corrected chi connectivity index (χ3v) is 3.03. The van der Waals surface area contributed by atoms with E-state index in [1.807, 2.05) is 0 Å². The first-order valence-corrected chi connectivity index (χ1v) is 9.44. The molecule has 0 amide bonds. The van der Waals surface area contributed by atoms with E-state index in [9.17, 15) is 13.2 Å². The van der Waals surface area contributed by atoms with E-state index in [-0.39, 0.29) is 6.42 Å². The second-order valence-electron chi connectivity index (χ2n) is 7.15. The fourth-order valence-corrected chi connectivity index (χ4v) is 0.861. The normalized spacial score (nSPS) is 10.4. The van der Waals surface area contributed by atoms with Crippen LogP contribution in [0.15, 0.2) is 0 Å². The van der Waals surface area contributed by atoms with E-state index in [0.717, 1.165) is 17.8 Å². The van der Waals surface area contributed by atoms with Crippen LogP contribution in [0.4, 0.5) is 13.2 Å². The van der Waals surface area contributed by atoms with Crippen molar-refractivity contribution in [1.82, 2.24) is 0 Å². The van der Waals surface area contributed by atoms with E-state index in [4.69, 9.17) is 0 Å². The lowest BCUT2D eigenvalue weighted by atomic mass is 10.1. The minimum absolute atomic E-state index is 0.184. The Balaban J connectivity index is -0.000000106. The van der Waals surface area contributed by atoms with Gasteiger partial charge in [0, 0.05) is 6.42 Å². The molecule has 0 saturated carbocycles. The Morgan fingerprint density at radius 2 is 0.913 bits per heavy atom. The molecule has 0 aromatic carbocycles.